The van der Waals surface area contributed by atoms with E-state index in [1.165, 1.54) is 37.2 Å². The average molecular weight is 1810 g/mol. The second-order valence-electron chi connectivity index (χ2n) is 29.6. The lowest BCUT2D eigenvalue weighted by atomic mass is 9.86. The molecule has 0 spiro atoms. The van der Waals surface area contributed by atoms with Gasteiger partial charge in [-0.1, -0.05) is 128 Å². The second-order valence-corrected chi connectivity index (χ2v) is 31.3. The number of amides is 4. The fourth-order valence-electron chi connectivity index (χ4n) is 11.5. The molecule has 0 aliphatic carbocycles. The van der Waals surface area contributed by atoms with E-state index in [0.717, 1.165) is 23.2 Å². The van der Waals surface area contributed by atoms with Crippen LogP contribution in [0.5, 0.6) is 0 Å². The lowest BCUT2D eigenvalue weighted by molar-refractivity contribution is -0.140. The molecule has 0 bridgehead atoms. The maximum Gasteiger partial charge on any atom is 0.405 e. The van der Waals surface area contributed by atoms with E-state index in [4.69, 9.17) is 46.4 Å². The molecule has 4 amide bonds. The van der Waals surface area contributed by atoms with Gasteiger partial charge in [-0.25, -0.2) is 68.6 Å². The van der Waals surface area contributed by atoms with Gasteiger partial charge in [0.2, 0.25) is 23.6 Å². The summed E-state index contributed by atoms with van der Waals surface area (Å²) in [7, 11) is 0. The lowest BCUT2D eigenvalue weighted by Crippen LogP contribution is -2.49. The van der Waals surface area contributed by atoms with Crippen molar-refractivity contribution in [3.63, 3.8) is 0 Å². The Balaban J connectivity index is 0.000000350. The van der Waals surface area contributed by atoms with Crippen LogP contribution in [0, 0.1) is 34.3 Å². The number of carbonyl (C=O) groups excluding carboxylic acids is 4. The summed E-state index contributed by atoms with van der Waals surface area (Å²) in [5, 5.41) is 23.0. The highest BCUT2D eigenvalue weighted by atomic mass is 35.5. The summed E-state index contributed by atoms with van der Waals surface area (Å²) >= 11 is 24.0. The maximum atomic E-state index is 14.4. The zero-order valence-electron chi connectivity index (χ0n) is 65.9. The Hall–Kier alpha value is -11.7. The van der Waals surface area contributed by atoms with Crippen LogP contribution < -0.4 is 42.5 Å². The van der Waals surface area contributed by atoms with Crippen molar-refractivity contribution in [3.05, 3.63) is 142 Å². The number of anilines is 4. The summed E-state index contributed by atoms with van der Waals surface area (Å²) in [4.78, 5) is 112. The molecular formula is C76H88Cl4F14N24O4. The van der Waals surface area contributed by atoms with Crippen LogP contribution >= 0.6 is 46.4 Å². The summed E-state index contributed by atoms with van der Waals surface area (Å²) in [6.45, 7) is 11.4. The molecule has 0 saturated carbocycles. The molecule has 46 heteroatoms. The molecule has 0 aromatic carbocycles. The zero-order valence-corrected chi connectivity index (χ0v) is 68.9. The Morgan fingerprint density at radius 3 is 0.967 bits per heavy atom. The number of pyridine rings is 4. The standard InChI is InChI=1S/2C19H19ClF4N6O.2C19H20ClF3N6O.5H2/c1-18(2,3)13(17(31)28-8-19(22,23)24)29-16-12(21)7-27-15(30-16)11-6-26-14-10(11)4-9(20)5-25-14;1-3-9(2)14(18(31)28-8-19(22,23)24)29-17-13(21)7-27-16(30-17)12-6-26-15-11(12)4-10(20)5-25-15;1-18(2,3)14(17(30)27-9-19(21,22)23)28-13-4-5-24-16(29-13)12-8-26-15-11(12)6-10(20)7-25-15;1-3-10(2)15(18(30)27-9-19(21,22)23)28-14-4-5-24-17(29-14)13-8-26-16-12(13)6-11(20)7-25-16;;;;;/h4-7,13H,8H2,1-3H3,(H,25,26)(H,28,31)(H,27,29,30);4-7,9,14H,3,8H2,1-2H3,(H,25,26)(H,28,31)(H,27,29,30);4-8,14H,9H2,1-3H3,(H,25,26)(H,27,30)(H,24,28,29);4-8,10,15H,3,9H2,1-2H3,(H,25,26)(H,27,30)(H,24,28,29);5*1H/t13-;9-,14+;14-;10-,15+;;;;;/m0101...../s1. The van der Waals surface area contributed by atoms with E-state index in [0.29, 0.717) is 112 Å². The van der Waals surface area contributed by atoms with Gasteiger partial charge in [0.15, 0.2) is 46.6 Å². The molecule has 0 aliphatic rings. The summed E-state index contributed by atoms with van der Waals surface area (Å²) < 4.78 is 179. The minimum atomic E-state index is -4.57. The summed E-state index contributed by atoms with van der Waals surface area (Å²) in [5.41, 5.74) is 3.01. The van der Waals surface area contributed by atoms with E-state index in [2.05, 4.69) is 101 Å². The molecule has 0 unspecified atom stereocenters. The number of aromatic nitrogens is 16. The van der Waals surface area contributed by atoms with Crippen molar-refractivity contribution in [2.75, 3.05) is 47.4 Å². The molecule has 0 fully saturated rings. The van der Waals surface area contributed by atoms with Crippen LogP contribution in [0.1, 0.15) is 89.2 Å². The molecule has 28 nitrogen and oxygen atoms in total. The van der Waals surface area contributed by atoms with Crippen LogP contribution in [0.4, 0.5) is 84.7 Å². The van der Waals surface area contributed by atoms with E-state index in [1.54, 1.807) is 123 Å². The van der Waals surface area contributed by atoms with Crippen LogP contribution in [-0.4, -0.2) is 178 Å². The third kappa shape index (κ3) is 26.2. The minimum absolute atomic E-state index is 0. The van der Waals surface area contributed by atoms with Crippen LogP contribution in [0.15, 0.2) is 111 Å². The number of fused-ring (bicyclic) bond motifs is 4. The summed E-state index contributed by atoms with van der Waals surface area (Å²) in [6, 6.07) is 5.64. The summed E-state index contributed by atoms with van der Waals surface area (Å²) in [6.07, 6.45) is 0.219. The number of nitrogens with zero attached hydrogens (tertiary/aromatic N) is 12. The fourth-order valence-corrected chi connectivity index (χ4v) is 12.1. The van der Waals surface area contributed by atoms with Gasteiger partial charge in [0.1, 0.15) is 84.6 Å². The number of hydrogen-bond acceptors (Lipinski definition) is 20. The Labute approximate surface area is 712 Å². The topological polar surface area (TPSA) is 382 Å². The fraction of sp³-hybridized carbons (Fsp3) is 0.368. The maximum absolute atomic E-state index is 14.4. The molecule has 12 aromatic rings. The smallest absolute Gasteiger partial charge is 0.358 e. The average Bonchev–Trinajstić information content (AvgIpc) is 1.70. The van der Waals surface area contributed by atoms with Gasteiger partial charge in [0, 0.05) is 113 Å². The van der Waals surface area contributed by atoms with Gasteiger partial charge in [0.25, 0.3) is 0 Å². The van der Waals surface area contributed by atoms with E-state index in [-0.39, 0.29) is 36.3 Å². The number of nitrogens with one attached hydrogen (secondary N) is 12. The molecule has 122 heavy (non-hydrogen) atoms. The molecular weight excluding hydrogens is 1720 g/mol. The first kappa shape index (κ1) is 94.2. The normalized spacial score (nSPS) is 13.5. The highest BCUT2D eigenvalue weighted by Gasteiger charge is 2.39. The first-order valence-corrected chi connectivity index (χ1v) is 38.2. The van der Waals surface area contributed by atoms with Gasteiger partial charge in [0.05, 0.1) is 32.5 Å². The van der Waals surface area contributed by atoms with Crippen molar-refractivity contribution in [3.8, 4) is 45.6 Å². The van der Waals surface area contributed by atoms with Crippen molar-refractivity contribution in [2.24, 2.45) is 22.7 Å². The highest BCUT2D eigenvalue weighted by Crippen LogP contribution is 2.36. The summed E-state index contributed by atoms with van der Waals surface area (Å²) in [5.74, 6) is -4.78. The highest BCUT2D eigenvalue weighted by molar-refractivity contribution is 6.32. The molecule has 6 atom stereocenters. The molecule has 12 heterocycles. The molecule has 0 aliphatic heterocycles. The molecule has 12 aromatic heterocycles. The van der Waals surface area contributed by atoms with Crippen molar-refractivity contribution >= 4 is 137 Å². The Bertz CT molecular complexity index is 5690. The van der Waals surface area contributed by atoms with E-state index in [9.17, 15) is 80.6 Å². The lowest BCUT2D eigenvalue weighted by Gasteiger charge is -2.31. The minimum Gasteiger partial charge on any atom is -0.358 e. The number of H-pyrrole nitrogens is 4. The molecule has 12 rings (SSSR count). The number of rotatable bonds is 24. The number of carbonyl (C=O) groups is 4. The van der Waals surface area contributed by atoms with Crippen molar-refractivity contribution in [1.29, 1.82) is 0 Å². The Kier molecular flexibility index (Phi) is 30.5. The second kappa shape index (κ2) is 39.5. The molecule has 12 N–H and O–H groups in total. The predicted octanol–water partition coefficient (Wildman–Crippen LogP) is 18.2. The van der Waals surface area contributed by atoms with Crippen LogP contribution in [0.25, 0.3) is 89.7 Å². The molecule has 0 saturated heterocycles. The largest absolute Gasteiger partial charge is 0.405 e. The van der Waals surface area contributed by atoms with Crippen molar-refractivity contribution in [2.45, 2.75) is 131 Å². The van der Waals surface area contributed by atoms with E-state index < -0.39 is 127 Å². The first-order chi connectivity index (χ1) is 57.0. The van der Waals surface area contributed by atoms with Gasteiger partial charge in [-0.05, 0) is 59.1 Å². The van der Waals surface area contributed by atoms with E-state index >= 15 is 0 Å². The predicted molar refractivity (Wildman–Crippen MR) is 443 cm³/mol. The zero-order chi connectivity index (χ0) is 89.7. The number of halogens is 18. The number of aromatic amines is 4. The Morgan fingerprint density at radius 1 is 0.385 bits per heavy atom. The van der Waals surface area contributed by atoms with Crippen LogP contribution in [0.3, 0.4) is 0 Å². The van der Waals surface area contributed by atoms with E-state index in [1.807, 2.05) is 28.2 Å². The van der Waals surface area contributed by atoms with Gasteiger partial charge in [-0.15, -0.1) is 0 Å². The van der Waals surface area contributed by atoms with Crippen molar-refractivity contribution in [1.82, 2.24) is 101 Å². The third-order valence-electron chi connectivity index (χ3n) is 18.0. The van der Waals surface area contributed by atoms with Crippen LogP contribution in [0.2, 0.25) is 20.1 Å². The number of alkyl halides is 12. The quantitative estimate of drug-likeness (QED) is 0.0250. The van der Waals surface area contributed by atoms with Crippen LogP contribution in [-0.2, 0) is 19.2 Å². The van der Waals surface area contributed by atoms with Gasteiger partial charge in [-0.3, -0.25) is 19.2 Å². The number of hydrogen-bond donors (Lipinski definition) is 12. The molecule has 662 valence electrons. The van der Waals surface area contributed by atoms with Crippen molar-refractivity contribution < 1.29 is 87.8 Å². The van der Waals surface area contributed by atoms with Gasteiger partial charge < -0.3 is 62.5 Å². The van der Waals surface area contributed by atoms with Gasteiger partial charge >= 0.3 is 24.7 Å². The monoisotopic (exact) mass is 1810 g/mol. The molecule has 0 radical (unpaired) electrons. The SMILES string of the molecule is CC(C)(C)[C@@H](Nc1ccnc(-c2c[nH]c3ncc(Cl)cc23)n1)C(=O)NCC(F)(F)F.CC(C)(C)[C@@H](Nc1nc(-c2c[nH]c3ncc(Cl)cc23)ncc1F)C(=O)NCC(F)(F)F.CC[C@@H](C)[C@H](Nc1ccnc(-c2c[nH]c3ncc(Cl)cc23)n1)C(=O)NCC(F)(F)F.CC[C@@H](C)[C@H](Nc1nc(-c2c[nH]c3ncc(Cl)cc23)ncc1F)C(=O)NCC(F)(F)F.[HH].[HH].[HH].[HH].[HH]. The third-order valence-corrected chi connectivity index (χ3v) is 18.8. The first-order valence-electron chi connectivity index (χ1n) is 36.7. The Morgan fingerprint density at radius 2 is 0.664 bits per heavy atom. The van der Waals surface area contributed by atoms with Gasteiger partial charge in [-0.2, -0.15) is 52.7 Å².